The molecule has 0 amide bonds. The number of nitrogens with one attached hydrogen (secondary N) is 1. The second kappa shape index (κ2) is 5.40. The zero-order valence-electron chi connectivity index (χ0n) is 9.87. The van der Waals surface area contributed by atoms with Crippen LogP contribution < -0.4 is 10.2 Å². The highest BCUT2D eigenvalue weighted by molar-refractivity contribution is 5.46. The first kappa shape index (κ1) is 12.2. The van der Waals surface area contributed by atoms with Crippen molar-refractivity contribution in [2.45, 2.75) is 31.9 Å². The molecule has 0 spiro atoms. The van der Waals surface area contributed by atoms with E-state index in [1.54, 1.807) is 13.2 Å². The zero-order valence-corrected chi connectivity index (χ0v) is 9.87. The van der Waals surface area contributed by atoms with Crippen molar-refractivity contribution in [3.63, 3.8) is 0 Å². The van der Waals surface area contributed by atoms with Crippen LogP contribution in [0.25, 0.3) is 0 Å². The minimum Gasteiger partial charge on any atom is -0.354 e. The number of rotatable bonds is 6. The zero-order chi connectivity index (χ0) is 12.3. The molecule has 0 radical (unpaired) electrons. The van der Waals surface area contributed by atoms with Crippen LogP contribution in [0, 0.1) is 0 Å². The predicted octanol–water partition coefficient (Wildman–Crippen LogP) is 2.03. The maximum absolute atomic E-state index is 12.3. The van der Waals surface area contributed by atoms with Gasteiger partial charge in [-0.05, 0) is 18.9 Å². The van der Waals surface area contributed by atoms with E-state index in [2.05, 4.69) is 10.3 Å². The van der Waals surface area contributed by atoms with Gasteiger partial charge in [-0.3, -0.25) is 0 Å². The van der Waals surface area contributed by atoms with Crippen LogP contribution in [-0.2, 0) is 6.54 Å². The summed E-state index contributed by atoms with van der Waals surface area (Å²) in [5.74, 6) is 0.640. The standard InChI is InChI=1S/C12H17F2N3/c1-17(8-11(13)14)12-9(3-2-6-15-12)7-16-10-4-5-10/h2-3,6,10-11,16H,4-5,7-8H2,1H3. The van der Waals surface area contributed by atoms with Crippen molar-refractivity contribution >= 4 is 5.82 Å². The molecule has 1 aliphatic rings. The molecule has 3 nitrogen and oxygen atoms in total. The Hall–Kier alpha value is -1.23. The molecule has 5 heteroatoms. The topological polar surface area (TPSA) is 28.2 Å². The van der Waals surface area contributed by atoms with Crippen molar-refractivity contribution < 1.29 is 8.78 Å². The largest absolute Gasteiger partial charge is 0.354 e. The van der Waals surface area contributed by atoms with Gasteiger partial charge in [0, 0.05) is 31.4 Å². The van der Waals surface area contributed by atoms with Gasteiger partial charge >= 0.3 is 0 Å². The van der Waals surface area contributed by atoms with Crippen LogP contribution in [0.2, 0.25) is 0 Å². The molecule has 0 saturated heterocycles. The van der Waals surface area contributed by atoms with Gasteiger partial charge in [-0.1, -0.05) is 6.07 Å². The number of hydrogen-bond acceptors (Lipinski definition) is 3. The Kier molecular flexibility index (Phi) is 3.89. The summed E-state index contributed by atoms with van der Waals surface area (Å²) >= 11 is 0. The van der Waals surface area contributed by atoms with E-state index in [0.29, 0.717) is 18.4 Å². The van der Waals surface area contributed by atoms with Gasteiger partial charge in [0.25, 0.3) is 6.43 Å². The summed E-state index contributed by atoms with van der Waals surface area (Å²) in [5, 5.41) is 3.37. The molecule has 0 atom stereocenters. The summed E-state index contributed by atoms with van der Waals surface area (Å²) < 4.78 is 24.7. The number of pyridine rings is 1. The Morgan fingerprint density at radius 2 is 2.29 bits per heavy atom. The van der Waals surface area contributed by atoms with E-state index in [9.17, 15) is 8.78 Å². The fraction of sp³-hybridized carbons (Fsp3) is 0.583. The van der Waals surface area contributed by atoms with Crippen LogP contribution >= 0.6 is 0 Å². The van der Waals surface area contributed by atoms with Crippen molar-refractivity contribution in [1.29, 1.82) is 0 Å². The van der Waals surface area contributed by atoms with Crippen molar-refractivity contribution in [1.82, 2.24) is 10.3 Å². The maximum Gasteiger partial charge on any atom is 0.255 e. The minimum absolute atomic E-state index is 0.284. The van der Waals surface area contributed by atoms with E-state index < -0.39 is 6.43 Å². The monoisotopic (exact) mass is 241 g/mol. The Morgan fingerprint density at radius 3 is 2.94 bits per heavy atom. The molecule has 1 N–H and O–H groups in total. The summed E-state index contributed by atoms with van der Waals surface area (Å²) in [5.41, 5.74) is 0.975. The van der Waals surface area contributed by atoms with Crippen molar-refractivity contribution in [3.8, 4) is 0 Å². The molecule has 0 bridgehead atoms. The molecule has 0 aliphatic heterocycles. The van der Waals surface area contributed by atoms with Gasteiger partial charge in [-0.15, -0.1) is 0 Å². The molecule has 94 valence electrons. The molecular formula is C12H17F2N3. The van der Waals surface area contributed by atoms with Crippen LogP contribution in [0.1, 0.15) is 18.4 Å². The minimum atomic E-state index is -2.34. The molecule has 0 aromatic carbocycles. The molecule has 1 fully saturated rings. The van der Waals surface area contributed by atoms with Gasteiger partial charge in [0.05, 0.1) is 6.54 Å². The third-order valence-electron chi connectivity index (χ3n) is 2.80. The molecule has 1 aromatic heterocycles. The number of aromatic nitrogens is 1. The first-order valence-corrected chi connectivity index (χ1v) is 5.83. The lowest BCUT2D eigenvalue weighted by molar-refractivity contribution is 0.156. The fourth-order valence-corrected chi connectivity index (χ4v) is 1.75. The summed E-state index contributed by atoms with van der Waals surface area (Å²) in [6.07, 6.45) is 1.72. The number of alkyl halides is 2. The first-order chi connectivity index (χ1) is 8.16. The average Bonchev–Trinajstić information content (AvgIpc) is 3.09. The highest BCUT2D eigenvalue weighted by Crippen LogP contribution is 2.21. The van der Waals surface area contributed by atoms with Gasteiger partial charge in [0.1, 0.15) is 5.82 Å². The lowest BCUT2D eigenvalue weighted by atomic mass is 10.2. The lowest BCUT2D eigenvalue weighted by Crippen LogP contribution is -2.27. The smallest absolute Gasteiger partial charge is 0.255 e. The molecule has 1 heterocycles. The van der Waals surface area contributed by atoms with E-state index in [0.717, 1.165) is 5.56 Å². The van der Waals surface area contributed by atoms with E-state index in [1.165, 1.54) is 17.7 Å². The second-order valence-corrected chi connectivity index (χ2v) is 4.41. The van der Waals surface area contributed by atoms with Gasteiger partial charge in [-0.25, -0.2) is 13.8 Å². The predicted molar refractivity (Wildman–Crippen MR) is 63.4 cm³/mol. The Morgan fingerprint density at radius 1 is 1.53 bits per heavy atom. The van der Waals surface area contributed by atoms with Gasteiger partial charge in [0.2, 0.25) is 0 Å². The third-order valence-corrected chi connectivity index (χ3v) is 2.80. The quantitative estimate of drug-likeness (QED) is 0.826. The molecule has 17 heavy (non-hydrogen) atoms. The number of hydrogen-bond donors (Lipinski definition) is 1. The Balaban J connectivity index is 2.02. The number of nitrogens with zero attached hydrogens (tertiary/aromatic N) is 2. The summed E-state index contributed by atoms with van der Waals surface area (Å²) in [4.78, 5) is 5.69. The van der Waals surface area contributed by atoms with Crippen molar-refractivity contribution in [3.05, 3.63) is 23.9 Å². The van der Waals surface area contributed by atoms with Gasteiger partial charge in [-0.2, -0.15) is 0 Å². The maximum atomic E-state index is 12.3. The molecule has 1 aliphatic carbocycles. The summed E-state index contributed by atoms with van der Waals surface area (Å²) in [6.45, 7) is 0.412. The average molecular weight is 241 g/mol. The van der Waals surface area contributed by atoms with E-state index >= 15 is 0 Å². The van der Waals surface area contributed by atoms with Crippen LogP contribution in [0.15, 0.2) is 18.3 Å². The molecular weight excluding hydrogens is 224 g/mol. The first-order valence-electron chi connectivity index (χ1n) is 5.83. The molecule has 0 unspecified atom stereocenters. The van der Waals surface area contributed by atoms with E-state index in [1.807, 2.05) is 12.1 Å². The van der Waals surface area contributed by atoms with Crippen molar-refractivity contribution in [2.75, 3.05) is 18.5 Å². The summed E-state index contributed by atoms with van der Waals surface area (Å²) in [7, 11) is 1.65. The third kappa shape index (κ3) is 3.63. The number of anilines is 1. The van der Waals surface area contributed by atoms with Crippen LogP contribution in [0.5, 0.6) is 0 Å². The van der Waals surface area contributed by atoms with Crippen LogP contribution in [-0.4, -0.2) is 31.0 Å². The van der Waals surface area contributed by atoms with Gasteiger partial charge in [0.15, 0.2) is 0 Å². The highest BCUT2D eigenvalue weighted by atomic mass is 19.3. The summed E-state index contributed by atoms with van der Waals surface area (Å²) in [6, 6.07) is 4.37. The Bertz CT molecular complexity index is 367. The normalized spacial score (nSPS) is 15.3. The molecule has 1 saturated carbocycles. The fourth-order valence-electron chi connectivity index (χ4n) is 1.75. The molecule has 1 aromatic rings. The lowest BCUT2D eigenvalue weighted by Gasteiger charge is -2.20. The highest BCUT2D eigenvalue weighted by Gasteiger charge is 2.21. The Labute approximate surface area is 99.8 Å². The van der Waals surface area contributed by atoms with Gasteiger partial charge < -0.3 is 10.2 Å². The molecule has 2 rings (SSSR count). The van der Waals surface area contributed by atoms with E-state index in [-0.39, 0.29) is 6.54 Å². The van der Waals surface area contributed by atoms with Crippen LogP contribution in [0.3, 0.4) is 0 Å². The second-order valence-electron chi connectivity index (χ2n) is 4.41. The van der Waals surface area contributed by atoms with Crippen LogP contribution in [0.4, 0.5) is 14.6 Å². The van der Waals surface area contributed by atoms with E-state index in [4.69, 9.17) is 0 Å². The number of halogens is 2. The SMILES string of the molecule is CN(CC(F)F)c1ncccc1CNC1CC1. The van der Waals surface area contributed by atoms with Crippen molar-refractivity contribution in [2.24, 2.45) is 0 Å².